The van der Waals surface area contributed by atoms with E-state index in [4.69, 9.17) is 34.7 Å². The highest BCUT2D eigenvalue weighted by Crippen LogP contribution is 2.24. The first-order valence-electron chi connectivity index (χ1n) is 9.80. The minimum absolute atomic E-state index is 0.00106. The first-order valence-corrected chi connectivity index (χ1v) is 10.6. The van der Waals surface area contributed by atoms with E-state index in [0.29, 0.717) is 24.9 Å². The Bertz CT molecular complexity index is 985. The number of halogens is 2. The van der Waals surface area contributed by atoms with Gasteiger partial charge >= 0.3 is 5.97 Å². The van der Waals surface area contributed by atoms with Crippen LogP contribution in [0.5, 0.6) is 0 Å². The Hall–Kier alpha value is -3.10. The predicted octanol–water partition coefficient (Wildman–Crippen LogP) is 2.58. The van der Waals surface area contributed by atoms with Gasteiger partial charge < -0.3 is 21.9 Å². The van der Waals surface area contributed by atoms with E-state index in [2.05, 4.69) is 10.3 Å². The second-order valence-electron chi connectivity index (χ2n) is 7.11. The summed E-state index contributed by atoms with van der Waals surface area (Å²) in [5.41, 5.74) is 12.0. The molecule has 0 aliphatic rings. The van der Waals surface area contributed by atoms with E-state index < -0.39 is 17.9 Å². The number of rotatable bonds is 11. The first-order chi connectivity index (χ1) is 15.2. The molecule has 2 aromatic rings. The van der Waals surface area contributed by atoms with Crippen LogP contribution in [0.2, 0.25) is 10.0 Å². The molecule has 2 aromatic carbocycles. The largest absolute Gasteiger partial charge is 0.480 e. The second kappa shape index (κ2) is 12.1. The number of amides is 1. The average Bonchev–Trinajstić information content (AvgIpc) is 2.71. The lowest BCUT2D eigenvalue weighted by Gasteiger charge is -2.16. The number of Topliss-reactive ketones (excluding diaryl/α,β-unsaturated/α-hetero) is 1. The molecule has 0 saturated heterocycles. The third-order valence-corrected chi connectivity index (χ3v) is 5.20. The third kappa shape index (κ3) is 7.86. The SMILES string of the molecule is NC(N)=NCCCC(=O)Cc1ccc(C[C@H](NC(=O)c2c(Cl)cccc2Cl)C(=O)O)cc1. The number of nitrogens with two attached hydrogens (primary N) is 2. The smallest absolute Gasteiger partial charge is 0.326 e. The van der Waals surface area contributed by atoms with E-state index in [-0.39, 0.29) is 40.2 Å². The molecule has 0 aliphatic heterocycles. The normalized spacial score (nSPS) is 11.4. The number of aliphatic imine (C=N–C) groups is 1. The number of hydrogen-bond acceptors (Lipinski definition) is 4. The fourth-order valence-corrected chi connectivity index (χ4v) is 3.54. The molecule has 0 saturated carbocycles. The highest BCUT2D eigenvalue weighted by Gasteiger charge is 2.23. The molecule has 0 fully saturated rings. The van der Waals surface area contributed by atoms with Gasteiger partial charge in [0.25, 0.3) is 5.91 Å². The Kier molecular flexibility index (Phi) is 9.49. The van der Waals surface area contributed by atoms with Gasteiger partial charge in [0.05, 0.1) is 15.6 Å². The summed E-state index contributed by atoms with van der Waals surface area (Å²) in [6.45, 7) is 0.398. The number of benzene rings is 2. The molecule has 0 heterocycles. The maximum absolute atomic E-state index is 12.5. The minimum atomic E-state index is -1.19. The zero-order valence-corrected chi connectivity index (χ0v) is 18.7. The van der Waals surface area contributed by atoms with Crippen LogP contribution in [0.3, 0.4) is 0 Å². The summed E-state index contributed by atoms with van der Waals surface area (Å²) >= 11 is 12.0. The maximum atomic E-state index is 12.5. The molecule has 8 nitrogen and oxygen atoms in total. The molecule has 0 aliphatic carbocycles. The number of guanidine groups is 1. The van der Waals surface area contributed by atoms with Gasteiger partial charge in [-0.25, -0.2) is 4.79 Å². The molecule has 10 heteroatoms. The summed E-state index contributed by atoms with van der Waals surface area (Å²) in [5.74, 6) is -1.81. The quantitative estimate of drug-likeness (QED) is 0.221. The molecule has 32 heavy (non-hydrogen) atoms. The number of hydrogen-bond donors (Lipinski definition) is 4. The Morgan fingerprint density at radius 1 is 1.00 bits per heavy atom. The van der Waals surface area contributed by atoms with Gasteiger partial charge in [0.15, 0.2) is 5.96 Å². The number of nitrogens with zero attached hydrogens (tertiary/aromatic N) is 1. The van der Waals surface area contributed by atoms with Crippen molar-refractivity contribution in [3.8, 4) is 0 Å². The van der Waals surface area contributed by atoms with Crippen molar-refractivity contribution in [2.45, 2.75) is 31.7 Å². The average molecular weight is 479 g/mol. The number of ketones is 1. The topological polar surface area (TPSA) is 148 Å². The monoisotopic (exact) mass is 478 g/mol. The number of carbonyl (C=O) groups is 3. The number of carboxylic acid groups (broad SMARTS) is 1. The minimum Gasteiger partial charge on any atom is -0.480 e. The number of nitrogens with one attached hydrogen (secondary N) is 1. The van der Waals surface area contributed by atoms with Crippen LogP contribution in [0.15, 0.2) is 47.5 Å². The molecule has 170 valence electrons. The van der Waals surface area contributed by atoms with Crippen LogP contribution in [0.4, 0.5) is 0 Å². The van der Waals surface area contributed by atoms with Crippen LogP contribution >= 0.6 is 23.2 Å². The van der Waals surface area contributed by atoms with Gasteiger partial charge in [-0.3, -0.25) is 14.6 Å². The molecule has 0 radical (unpaired) electrons. The Balaban J connectivity index is 1.96. The van der Waals surface area contributed by atoms with Crippen molar-refractivity contribution in [3.05, 3.63) is 69.2 Å². The van der Waals surface area contributed by atoms with Gasteiger partial charge in [-0.05, 0) is 29.7 Å². The standard InChI is InChI=1S/C22H24Cl2N4O4/c23-16-4-1-5-17(24)19(16)20(30)28-18(21(31)32)12-14-8-6-13(7-9-14)11-15(29)3-2-10-27-22(25)26/h1,4-9,18H,2-3,10-12H2,(H,28,30)(H,31,32)(H4,25,26,27)/t18-/m0/s1. The van der Waals surface area contributed by atoms with E-state index in [1.165, 1.54) is 12.1 Å². The van der Waals surface area contributed by atoms with Gasteiger partial charge in [0.2, 0.25) is 0 Å². The summed E-state index contributed by atoms with van der Waals surface area (Å²) in [5, 5.41) is 12.2. The fourth-order valence-electron chi connectivity index (χ4n) is 2.97. The lowest BCUT2D eigenvalue weighted by atomic mass is 10.0. The molecule has 6 N–H and O–H groups in total. The van der Waals surface area contributed by atoms with Gasteiger partial charge in [-0.1, -0.05) is 53.5 Å². The van der Waals surface area contributed by atoms with E-state index in [1.807, 2.05) is 0 Å². The van der Waals surface area contributed by atoms with Crippen LogP contribution in [-0.4, -0.2) is 41.3 Å². The van der Waals surface area contributed by atoms with Gasteiger partial charge in [0, 0.05) is 25.8 Å². The predicted molar refractivity (Wildman–Crippen MR) is 124 cm³/mol. The van der Waals surface area contributed by atoms with E-state index in [0.717, 1.165) is 5.56 Å². The highest BCUT2D eigenvalue weighted by atomic mass is 35.5. The van der Waals surface area contributed by atoms with Crippen molar-refractivity contribution in [2.75, 3.05) is 6.54 Å². The lowest BCUT2D eigenvalue weighted by Crippen LogP contribution is -2.42. The Morgan fingerprint density at radius 3 is 2.16 bits per heavy atom. The van der Waals surface area contributed by atoms with Crippen LogP contribution < -0.4 is 16.8 Å². The van der Waals surface area contributed by atoms with Crippen LogP contribution in [0.1, 0.15) is 34.3 Å². The maximum Gasteiger partial charge on any atom is 0.326 e. The molecule has 0 spiro atoms. The van der Waals surface area contributed by atoms with Gasteiger partial charge in [0.1, 0.15) is 11.8 Å². The van der Waals surface area contributed by atoms with Crippen LogP contribution in [0, 0.1) is 0 Å². The van der Waals surface area contributed by atoms with Crippen LogP contribution in [0.25, 0.3) is 0 Å². The Morgan fingerprint density at radius 2 is 1.59 bits per heavy atom. The molecule has 0 bridgehead atoms. The van der Waals surface area contributed by atoms with Crippen molar-refractivity contribution in [1.82, 2.24) is 5.32 Å². The third-order valence-electron chi connectivity index (χ3n) is 4.57. The molecule has 1 amide bonds. The molecular weight excluding hydrogens is 455 g/mol. The summed E-state index contributed by atoms with van der Waals surface area (Å²) < 4.78 is 0. The Labute approximate surface area is 195 Å². The zero-order chi connectivity index (χ0) is 23.7. The molecule has 0 aromatic heterocycles. The summed E-state index contributed by atoms with van der Waals surface area (Å²) in [6.07, 6.45) is 1.22. The van der Waals surface area contributed by atoms with E-state index >= 15 is 0 Å². The number of carboxylic acids is 1. The van der Waals surface area contributed by atoms with E-state index in [1.54, 1.807) is 30.3 Å². The van der Waals surface area contributed by atoms with Crippen molar-refractivity contribution < 1.29 is 19.5 Å². The second-order valence-corrected chi connectivity index (χ2v) is 7.92. The zero-order valence-electron chi connectivity index (χ0n) is 17.2. The van der Waals surface area contributed by atoms with Crippen molar-refractivity contribution >= 4 is 46.8 Å². The lowest BCUT2D eigenvalue weighted by molar-refractivity contribution is -0.139. The molecule has 2 rings (SSSR count). The summed E-state index contributed by atoms with van der Waals surface area (Å²) in [6, 6.07) is 10.4. The van der Waals surface area contributed by atoms with Crippen molar-refractivity contribution in [1.29, 1.82) is 0 Å². The number of carbonyl (C=O) groups excluding carboxylic acids is 2. The summed E-state index contributed by atoms with van der Waals surface area (Å²) in [4.78, 5) is 40.1. The number of aliphatic carboxylic acids is 1. The van der Waals surface area contributed by atoms with Crippen LogP contribution in [-0.2, 0) is 22.4 Å². The van der Waals surface area contributed by atoms with Gasteiger partial charge in [-0.2, -0.15) is 0 Å². The van der Waals surface area contributed by atoms with Gasteiger partial charge in [-0.15, -0.1) is 0 Å². The van der Waals surface area contributed by atoms with Crippen molar-refractivity contribution in [2.24, 2.45) is 16.5 Å². The van der Waals surface area contributed by atoms with Crippen molar-refractivity contribution in [3.63, 3.8) is 0 Å². The summed E-state index contributed by atoms with van der Waals surface area (Å²) in [7, 11) is 0. The fraction of sp³-hybridized carbons (Fsp3) is 0.273. The highest BCUT2D eigenvalue weighted by molar-refractivity contribution is 6.39. The van der Waals surface area contributed by atoms with E-state index in [9.17, 15) is 19.5 Å². The molecular formula is C22H24Cl2N4O4. The first kappa shape index (κ1) is 25.2. The molecule has 0 unspecified atom stereocenters. The molecule has 1 atom stereocenters.